The van der Waals surface area contributed by atoms with Crippen molar-refractivity contribution in [3.63, 3.8) is 0 Å². The van der Waals surface area contributed by atoms with Crippen molar-refractivity contribution < 1.29 is 14.3 Å². The van der Waals surface area contributed by atoms with Gasteiger partial charge in [0.1, 0.15) is 11.8 Å². The number of benzene rings is 2. The van der Waals surface area contributed by atoms with Crippen molar-refractivity contribution >= 4 is 35.0 Å². The quantitative estimate of drug-likeness (QED) is 0.696. The molecule has 5 nitrogen and oxygen atoms in total. The lowest BCUT2D eigenvalue weighted by Gasteiger charge is -2.28. The largest absolute Gasteiger partial charge is 0.483 e. The summed E-state index contributed by atoms with van der Waals surface area (Å²) in [4.78, 5) is 26.6. The molecular formula is C22H26Cl2N2O3. The van der Waals surface area contributed by atoms with Crippen molar-refractivity contribution in [2.75, 3.05) is 13.7 Å². The van der Waals surface area contributed by atoms with Crippen molar-refractivity contribution in [1.29, 1.82) is 0 Å². The van der Waals surface area contributed by atoms with Crippen LogP contribution in [-0.2, 0) is 16.1 Å². The molecule has 2 aromatic carbocycles. The van der Waals surface area contributed by atoms with Gasteiger partial charge in [0.2, 0.25) is 5.91 Å². The van der Waals surface area contributed by atoms with Gasteiger partial charge in [0.15, 0.2) is 6.61 Å². The summed E-state index contributed by atoms with van der Waals surface area (Å²) >= 11 is 12.2. The molecular weight excluding hydrogens is 411 g/mol. The van der Waals surface area contributed by atoms with Crippen LogP contribution in [0, 0.1) is 20.8 Å². The van der Waals surface area contributed by atoms with E-state index in [9.17, 15) is 9.59 Å². The predicted molar refractivity (Wildman–Crippen MR) is 117 cm³/mol. The molecule has 0 aromatic heterocycles. The van der Waals surface area contributed by atoms with Crippen molar-refractivity contribution in [3.05, 3.63) is 62.6 Å². The van der Waals surface area contributed by atoms with Crippen molar-refractivity contribution in [2.24, 2.45) is 0 Å². The van der Waals surface area contributed by atoms with Gasteiger partial charge in [-0.05, 0) is 68.1 Å². The molecule has 0 unspecified atom stereocenters. The van der Waals surface area contributed by atoms with Gasteiger partial charge >= 0.3 is 0 Å². The first-order valence-electron chi connectivity index (χ1n) is 9.29. The Bertz CT molecular complexity index is 915. The van der Waals surface area contributed by atoms with E-state index in [1.54, 1.807) is 25.1 Å². The molecule has 156 valence electrons. The Hall–Kier alpha value is -2.24. The van der Waals surface area contributed by atoms with Crippen LogP contribution in [0.1, 0.15) is 29.2 Å². The van der Waals surface area contributed by atoms with Crippen LogP contribution in [0.5, 0.6) is 5.75 Å². The maximum atomic E-state index is 13.0. The Morgan fingerprint density at radius 2 is 1.83 bits per heavy atom. The Balaban J connectivity index is 2.23. The van der Waals surface area contributed by atoms with E-state index in [0.29, 0.717) is 21.4 Å². The number of halogens is 2. The second-order valence-electron chi connectivity index (χ2n) is 7.04. The summed E-state index contributed by atoms with van der Waals surface area (Å²) in [5, 5.41) is 3.52. The molecule has 0 aliphatic carbocycles. The van der Waals surface area contributed by atoms with Gasteiger partial charge in [-0.2, -0.15) is 0 Å². The summed E-state index contributed by atoms with van der Waals surface area (Å²) in [5.74, 6) is 0.0737. The van der Waals surface area contributed by atoms with Crippen LogP contribution in [0.3, 0.4) is 0 Å². The van der Waals surface area contributed by atoms with E-state index in [0.717, 1.165) is 16.7 Å². The minimum Gasteiger partial charge on any atom is -0.483 e. The van der Waals surface area contributed by atoms with E-state index in [4.69, 9.17) is 27.9 Å². The molecule has 0 saturated heterocycles. The third-order valence-electron chi connectivity index (χ3n) is 4.88. The number of nitrogens with zero attached hydrogens (tertiary/aromatic N) is 1. The van der Waals surface area contributed by atoms with Gasteiger partial charge in [0.05, 0.1) is 0 Å². The molecule has 2 amide bonds. The lowest BCUT2D eigenvalue weighted by atomic mass is 10.1. The van der Waals surface area contributed by atoms with E-state index in [2.05, 4.69) is 11.4 Å². The summed E-state index contributed by atoms with van der Waals surface area (Å²) in [5.41, 5.74) is 3.83. The number of carbonyl (C=O) groups is 2. The molecule has 1 N–H and O–H groups in total. The number of hydrogen-bond donors (Lipinski definition) is 1. The molecule has 7 heteroatoms. The summed E-state index contributed by atoms with van der Waals surface area (Å²) in [7, 11) is 1.53. The number of ether oxygens (including phenoxy) is 1. The second-order valence-corrected chi connectivity index (χ2v) is 7.88. The molecule has 29 heavy (non-hydrogen) atoms. The fourth-order valence-electron chi connectivity index (χ4n) is 3.00. The van der Waals surface area contributed by atoms with Crippen LogP contribution in [-0.4, -0.2) is 36.4 Å². The van der Waals surface area contributed by atoms with Crippen LogP contribution in [0.15, 0.2) is 30.3 Å². The highest BCUT2D eigenvalue weighted by Gasteiger charge is 2.26. The summed E-state index contributed by atoms with van der Waals surface area (Å²) in [6.07, 6.45) is 0. The highest BCUT2D eigenvalue weighted by atomic mass is 35.5. The third-order valence-corrected chi connectivity index (χ3v) is 5.47. The van der Waals surface area contributed by atoms with Crippen LogP contribution < -0.4 is 10.1 Å². The predicted octanol–water partition coefficient (Wildman–Crippen LogP) is 4.46. The maximum absolute atomic E-state index is 13.0. The topological polar surface area (TPSA) is 58.6 Å². The first-order valence-corrected chi connectivity index (χ1v) is 10.0. The minimum absolute atomic E-state index is 0.165. The van der Waals surface area contributed by atoms with Crippen molar-refractivity contribution in [2.45, 2.75) is 40.3 Å². The minimum atomic E-state index is -0.691. The van der Waals surface area contributed by atoms with Crippen LogP contribution in [0.4, 0.5) is 0 Å². The van der Waals surface area contributed by atoms with Gasteiger partial charge in [-0.15, -0.1) is 0 Å². The van der Waals surface area contributed by atoms with E-state index < -0.39 is 6.04 Å². The van der Waals surface area contributed by atoms with E-state index >= 15 is 0 Å². The van der Waals surface area contributed by atoms with Crippen LogP contribution >= 0.6 is 23.2 Å². The zero-order chi connectivity index (χ0) is 21.7. The Morgan fingerprint density at radius 3 is 2.45 bits per heavy atom. The van der Waals surface area contributed by atoms with E-state index in [-0.39, 0.29) is 25.0 Å². The number of nitrogens with one attached hydrogen (secondary N) is 1. The first kappa shape index (κ1) is 23.0. The summed E-state index contributed by atoms with van der Waals surface area (Å²) in [6.45, 7) is 7.58. The number of rotatable bonds is 7. The molecule has 0 saturated carbocycles. The normalized spacial score (nSPS) is 11.7. The summed E-state index contributed by atoms with van der Waals surface area (Å²) < 4.78 is 5.81. The average Bonchev–Trinajstić information content (AvgIpc) is 2.67. The van der Waals surface area contributed by atoms with Gasteiger partial charge in [0.25, 0.3) is 5.91 Å². The molecule has 2 aromatic rings. The number of carbonyl (C=O) groups excluding carboxylic acids is 2. The molecule has 0 aliphatic rings. The maximum Gasteiger partial charge on any atom is 0.261 e. The Morgan fingerprint density at radius 1 is 1.14 bits per heavy atom. The molecule has 0 aliphatic heterocycles. The van der Waals surface area contributed by atoms with Gasteiger partial charge in [-0.1, -0.05) is 35.3 Å². The highest BCUT2D eigenvalue weighted by molar-refractivity contribution is 6.35. The van der Waals surface area contributed by atoms with Crippen LogP contribution in [0.25, 0.3) is 0 Å². The van der Waals surface area contributed by atoms with Crippen molar-refractivity contribution in [1.82, 2.24) is 10.2 Å². The number of likely N-dealkylation sites (N-methyl/N-ethyl adjacent to an activating group) is 1. The third kappa shape index (κ3) is 5.87. The number of amides is 2. The molecule has 0 bridgehead atoms. The average molecular weight is 437 g/mol. The number of hydrogen-bond acceptors (Lipinski definition) is 3. The molecule has 1 atom stereocenters. The van der Waals surface area contributed by atoms with Gasteiger partial charge in [-0.25, -0.2) is 0 Å². The molecule has 2 rings (SSSR count). The Labute approximate surface area is 181 Å². The Kier molecular flexibility index (Phi) is 7.94. The molecule has 0 spiro atoms. The summed E-state index contributed by atoms with van der Waals surface area (Å²) in [6, 6.07) is 8.33. The highest BCUT2D eigenvalue weighted by Crippen LogP contribution is 2.25. The van der Waals surface area contributed by atoms with Gasteiger partial charge in [0, 0.05) is 23.6 Å². The molecule has 0 heterocycles. The first-order chi connectivity index (χ1) is 13.6. The lowest BCUT2D eigenvalue weighted by Crippen LogP contribution is -2.48. The fourth-order valence-corrected chi connectivity index (χ4v) is 3.47. The van der Waals surface area contributed by atoms with E-state index in [1.165, 1.54) is 11.9 Å². The zero-order valence-electron chi connectivity index (χ0n) is 17.3. The zero-order valence-corrected chi connectivity index (χ0v) is 18.8. The number of aryl methyl sites for hydroxylation is 2. The smallest absolute Gasteiger partial charge is 0.261 e. The van der Waals surface area contributed by atoms with Crippen molar-refractivity contribution in [3.8, 4) is 5.75 Å². The lowest BCUT2D eigenvalue weighted by molar-refractivity contribution is -0.142. The second kappa shape index (κ2) is 9.99. The monoisotopic (exact) mass is 436 g/mol. The van der Waals surface area contributed by atoms with E-state index in [1.807, 2.05) is 26.8 Å². The fraction of sp³-hybridized carbons (Fsp3) is 0.364. The van der Waals surface area contributed by atoms with Crippen LogP contribution in [0.2, 0.25) is 10.0 Å². The SMILES string of the molecule is CNC(=O)[C@@H](C)N(Cc1ccc(Cl)cc1Cl)C(=O)COc1cc(C)cc(C)c1C. The standard InChI is InChI=1S/C22H26Cl2N2O3/c1-13-8-14(2)15(3)20(9-13)29-12-21(27)26(16(4)22(28)25-5)11-17-6-7-18(23)10-19(17)24/h6-10,16H,11-12H2,1-5H3,(H,25,28)/t16-/m1/s1. The molecule has 0 fully saturated rings. The van der Waals surface area contributed by atoms with Gasteiger partial charge in [-0.3, -0.25) is 9.59 Å². The molecule has 0 radical (unpaired) electrons. The van der Waals surface area contributed by atoms with Gasteiger partial charge < -0.3 is 15.0 Å².